The zero-order valence-corrected chi connectivity index (χ0v) is 31.3. The second-order valence-corrected chi connectivity index (χ2v) is 14.1. The fourth-order valence-electron chi connectivity index (χ4n) is 6.49. The Balaban J connectivity index is 0.000000158. The van der Waals surface area contributed by atoms with Crippen LogP contribution < -0.4 is 34.9 Å². The Morgan fingerprint density at radius 3 is 1.95 bits per heavy atom. The molecule has 2 aromatic heterocycles. The van der Waals surface area contributed by atoms with Gasteiger partial charge < -0.3 is 40.0 Å². The van der Waals surface area contributed by atoms with Crippen LogP contribution in [-0.2, 0) is 0 Å². The smallest absolute Gasteiger partial charge is 0.163 e. The van der Waals surface area contributed by atoms with E-state index in [0.717, 1.165) is 38.1 Å². The Morgan fingerprint density at radius 2 is 1.33 bits per heavy atom. The van der Waals surface area contributed by atoms with E-state index >= 15 is 0 Å². The Labute approximate surface area is 323 Å². The van der Waals surface area contributed by atoms with E-state index in [0.29, 0.717) is 79.1 Å². The van der Waals surface area contributed by atoms with Crippen LogP contribution in [0.2, 0.25) is 0 Å². The molecule has 55 heavy (non-hydrogen) atoms. The van der Waals surface area contributed by atoms with Crippen molar-refractivity contribution in [1.82, 2.24) is 30.2 Å². The molecule has 0 bridgehead atoms. The van der Waals surface area contributed by atoms with Gasteiger partial charge in [0.1, 0.15) is 49.4 Å². The van der Waals surface area contributed by atoms with Crippen LogP contribution in [0.15, 0.2) is 77.8 Å². The van der Waals surface area contributed by atoms with E-state index < -0.39 is 6.10 Å². The lowest BCUT2D eigenvalue weighted by Gasteiger charge is -2.33. The quantitative estimate of drug-likeness (QED) is 0.144. The number of benzene rings is 4. The minimum absolute atomic E-state index is 0.0448. The van der Waals surface area contributed by atoms with Crippen molar-refractivity contribution in [2.24, 2.45) is 0 Å². The van der Waals surface area contributed by atoms with Crippen LogP contribution in [0.25, 0.3) is 21.8 Å². The van der Waals surface area contributed by atoms with Gasteiger partial charge >= 0.3 is 0 Å². The Kier molecular flexibility index (Phi) is 10.7. The van der Waals surface area contributed by atoms with Gasteiger partial charge in [-0.05, 0) is 58.7 Å². The van der Waals surface area contributed by atoms with Crippen molar-refractivity contribution in [2.75, 3.05) is 63.2 Å². The van der Waals surface area contributed by atoms with E-state index in [9.17, 15) is 13.9 Å². The molecule has 1 saturated heterocycles. The van der Waals surface area contributed by atoms with Gasteiger partial charge in [0.2, 0.25) is 0 Å². The van der Waals surface area contributed by atoms with Crippen molar-refractivity contribution < 1.29 is 32.8 Å². The lowest BCUT2D eigenvalue weighted by Crippen LogP contribution is -2.49. The molecule has 6 aromatic rings. The first-order chi connectivity index (χ1) is 26.8. The molecule has 3 aliphatic rings. The highest BCUT2D eigenvalue weighted by atomic mass is 79.9. The van der Waals surface area contributed by atoms with Gasteiger partial charge in [-0.1, -0.05) is 18.2 Å². The highest BCUT2D eigenvalue weighted by Gasteiger charge is 2.26. The molecule has 1 fully saturated rings. The predicted molar refractivity (Wildman–Crippen MR) is 207 cm³/mol. The summed E-state index contributed by atoms with van der Waals surface area (Å²) in [6.07, 6.45) is 2.39. The maximum Gasteiger partial charge on any atom is 0.163 e. The normalized spacial score (nSPS) is 17.7. The van der Waals surface area contributed by atoms with Crippen LogP contribution in [0.1, 0.15) is 5.56 Å². The topological polar surface area (TPSA) is 148 Å². The van der Waals surface area contributed by atoms with Crippen LogP contribution >= 0.6 is 15.9 Å². The van der Waals surface area contributed by atoms with Crippen molar-refractivity contribution in [3.63, 3.8) is 0 Å². The van der Waals surface area contributed by atoms with Crippen LogP contribution in [-0.4, -0.2) is 94.7 Å². The number of aliphatic hydroxyl groups excluding tert-OH is 1. The molecule has 4 N–H and O–H groups in total. The van der Waals surface area contributed by atoms with E-state index in [1.165, 1.54) is 12.7 Å². The molecule has 5 heterocycles. The lowest BCUT2D eigenvalue weighted by atomic mass is 10.1. The lowest BCUT2D eigenvalue weighted by molar-refractivity contribution is 0.0459. The Hall–Kier alpha value is -5.42. The molecule has 16 heteroatoms. The van der Waals surface area contributed by atoms with Gasteiger partial charge in [0.15, 0.2) is 34.9 Å². The van der Waals surface area contributed by atoms with Crippen molar-refractivity contribution in [3.8, 4) is 23.0 Å². The largest absolute Gasteiger partial charge is 0.486 e. The highest BCUT2D eigenvalue weighted by molar-refractivity contribution is 9.10. The number of aromatic nitrogens is 4. The Morgan fingerprint density at radius 1 is 0.764 bits per heavy atom. The monoisotopic (exact) mass is 814 g/mol. The molecular formula is C39H37BrF2N8O5. The summed E-state index contributed by atoms with van der Waals surface area (Å²) in [6.45, 7) is 7.16. The minimum atomic E-state index is -0.416. The van der Waals surface area contributed by atoms with E-state index in [-0.39, 0.29) is 31.0 Å². The molecule has 0 saturated carbocycles. The van der Waals surface area contributed by atoms with E-state index in [1.807, 2.05) is 12.1 Å². The standard InChI is InChI=1S/C21H21BrFN5O2.C18H16FN3O3/c22-15-2-1-3-16(20(15)23)27-21-14-8-19-18(9-17(14)25-12-26-21)29-11-13(30-19)10-28-6-4-24-5-7-28;1-10-3-2-4-13(17(10)19)22-18-12-5-16-15(6-14(12)20-9-21-18)24-8-11(7-23)25-16/h1-3,8-9,12-13,24H,4-7,10-11H2,(H,25,26,27);2-6,9,11,23H,7-8H2,1H3,(H,20,21,22)/t13-;11-/m00/s1. The first-order valence-corrected chi connectivity index (χ1v) is 18.6. The molecule has 4 aromatic carbocycles. The summed E-state index contributed by atoms with van der Waals surface area (Å²) in [5, 5.41) is 20.1. The summed E-state index contributed by atoms with van der Waals surface area (Å²) in [5.41, 5.74) is 2.56. The number of anilines is 4. The van der Waals surface area contributed by atoms with Crippen molar-refractivity contribution in [2.45, 2.75) is 19.1 Å². The molecule has 0 aliphatic carbocycles. The third-order valence-electron chi connectivity index (χ3n) is 9.36. The molecule has 0 radical (unpaired) electrons. The van der Waals surface area contributed by atoms with Gasteiger partial charge in [-0.25, -0.2) is 28.7 Å². The maximum atomic E-state index is 14.4. The third-order valence-corrected chi connectivity index (χ3v) is 9.98. The Bertz CT molecular complexity index is 2350. The summed E-state index contributed by atoms with van der Waals surface area (Å²) in [4.78, 5) is 19.5. The van der Waals surface area contributed by atoms with E-state index in [4.69, 9.17) is 18.9 Å². The summed E-state index contributed by atoms with van der Waals surface area (Å²) < 4.78 is 52.6. The summed E-state index contributed by atoms with van der Waals surface area (Å²) >= 11 is 3.21. The minimum Gasteiger partial charge on any atom is -0.486 e. The number of piperazine rings is 1. The van der Waals surface area contributed by atoms with Crippen LogP contribution in [0, 0.1) is 18.6 Å². The number of hydrogen-bond donors (Lipinski definition) is 4. The van der Waals surface area contributed by atoms with Gasteiger partial charge in [0.05, 0.1) is 33.5 Å². The predicted octanol–water partition coefficient (Wildman–Crippen LogP) is 6.27. The van der Waals surface area contributed by atoms with Crippen molar-refractivity contribution >= 4 is 60.7 Å². The molecule has 3 aliphatic heterocycles. The van der Waals surface area contributed by atoms with Gasteiger partial charge in [0, 0.05) is 55.6 Å². The molecule has 2 atom stereocenters. The second-order valence-electron chi connectivity index (χ2n) is 13.2. The molecule has 13 nitrogen and oxygen atoms in total. The first-order valence-electron chi connectivity index (χ1n) is 17.8. The average molecular weight is 816 g/mol. The number of aryl methyl sites for hydroxylation is 1. The zero-order chi connectivity index (χ0) is 37.9. The number of ether oxygens (including phenoxy) is 4. The number of nitrogens with zero attached hydrogens (tertiary/aromatic N) is 5. The average Bonchev–Trinajstić information content (AvgIpc) is 3.20. The van der Waals surface area contributed by atoms with Crippen LogP contribution in [0.3, 0.4) is 0 Å². The van der Waals surface area contributed by atoms with Gasteiger partial charge in [0.25, 0.3) is 0 Å². The molecule has 0 spiro atoms. The molecule has 9 rings (SSSR count). The number of nitrogens with one attached hydrogen (secondary N) is 3. The molecule has 0 unspecified atom stereocenters. The van der Waals surface area contributed by atoms with Crippen LogP contribution in [0.4, 0.5) is 31.8 Å². The van der Waals surface area contributed by atoms with Gasteiger partial charge in [-0.3, -0.25) is 4.90 Å². The number of hydrogen-bond acceptors (Lipinski definition) is 13. The summed E-state index contributed by atoms with van der Waals surface area (Å²) in [5.74, 6) is 2.65. The SMILES string of the molecule is Cc1cccc(Nc2ncnc3cc4c(cc23)O[C@@H](CO)CO4)c1F.Fc1c(Br)cccc1Nc1ncnc2cc3c(cc12)O[C@@H](CN1CCNCC1)CO3. The third kappa shape index (κ3) is 8.03. The highest BCUT2D eigenvalue weighted by Crippen LogP contribution is 2.39. The molecule has 284 valence electrons. The zero-order valence-electron chi connectivity index (χ0n) is 29.7. The number of rotatable bonds is 7. The second kappa shape index (κ2) is 16.1. The fourth-order valence-corrected chi connectivity index (χ4v) is 6.86. The van der Waals surface area contributed by atoms with Gasteiger partial charge in [-0.15, -0.1) is 0 Å². The van der Waals surface area contributed by atoms with Crippen LogP contribution in [0.5, 0.6) is 23.0 Å². The summed E-state index contributed by atoms with van der Waals surface area (Å²) in [7, 11) is 0. The van der Waals surface area contributed by atoms with E-state index in [2.05, 4.69) is 56.7 Å². The fraction of sp³-hybridized carbons (Fsp3) is 0.282. The van der Waals surface area contributed by atoms with Crippen molar-refractivity contribution in [1.29, 1.82) is 0 Å². The summed E-state index contributed by atoms with van der Waals surface area (Å²) in [6, 6.07) is 17.4. The van der Waals surface area contributed by atoms with Gasteiger partial charge in [-0.2, -0.15) is 0 Å². The van der Waals surface area contributed by atoms with Crippen molar-refractivity contribution in [3.05, 3.63) is 95.0 Å². The molecule has 0 amide bonds. The number of halogens is 3. The van der Waals surface area contributed by atoms with E-state index in [1.54, 1.807) is 55.5 Å². The molecular weight excluding hydrogens is 778 g/mol. The first kappa shape index (κ1) is 36.6. The maximum absolute atomic E-state index is 14.4. The number of fused-ring (bicyclic) bond motifs is 4. The number of aliphatic hydroxyl groups is 1.